The number of aliphatic hydroxyl groups excluding tert-OH is 2. The molecule has 3 aromatic carbocycles. The highest BCUT2D eigenvalue weighted by atomic mass is 32.2. The van der Waals surface area contributed by atoms with Crippen LogP contribution in [0.2, 0.25) is 0 Å². The maximum absolute atomic E-state index is 11.8. The molecule has 0 unspecified atom stereocenters. The fourth-order valence-corrected chi connectivity index (χ4v) is 5.16. The zero-order valence-electron chi connectivity index (χ0n) is 21.8. The van der Waals surface area contributed by atoms with E-state index in [2.05, 4.69) is 18.0 Å². The van der Waals surface area contributed by atoms with E-state index in [1.807, 2.05) is 66.7 Å². The molecule has 1 saturated heterocycles. The fourth-order valence-electron chi connectivity index (χ4n) is 4.39. The van der Waals surface area contributed by atoms with Gasteiger partial charge in [-0.05, 0) is 39.9 Å². The quantitative estimate of drug-likeness (QED) is 0.202. The predicted molar refractivity (Wildman–Crippen MR) is 153 cm³/mol. The van der Waals surface area contributed by atoms with Gasteiger partial charge in [-0.15, -0.1) is 0 Å². The second-order valence-corrected chi connectivity index (χ2v) is 10.4. The lowest BCUT2D eigenvalue weighted by Crippen LogP contribution is -2.31. The van der Waals surface area contributed by atoms with Gasteiger partial charge >= 0.3 is 6.09 Å². The van der Waals surface area contributed by atoms with E-state index in [1.165, 1.54) is 6.08 Å². The van der Waals surface area contributed by atoms with Crippen molar-refractivity contribution in [3.05, 3.63) is 108 Å². The summed E-state index contributed by atoms with van der Waals surface area (Å²) in [7, 11) is 0. The smallest absolute Gasteiger partial charge is 0.407 e. The van der Waals surface area contributed by atoms with E-state index in [9.17, 15) is 15.0 Å². The highest BCUT2D eigenvalue weighted by molar-refractivity contribution is 7.99. The van der Waals surface area contributed by atoms with Crippen molar-refractivity contribution < 1.29 is 29.2 Å². The third-order valence-electron chi connectivity index (χ3n) is 6.34. The van der Waals surface area contributed by atoms with Gasteiger partial charge in [0.25, 0.3) is 0 Å². The molecule has 3 atom stereocenters. The lowest BCUT2D eigenvalue weighted by atomic mass is 9.99. The summed E-state index contributed by atoms with van der Waals surface area (Å²) in [6, 6.07) is 23.9. The summed E-state index contributed by atoms with van der Waals surface area (Å²) < 4.78 is 17.8. The highest BCUT2D eigenvalue weighted by Gasteiger charge is 2.32. The SMILES string of the molecule is C=CCOC(=O)NCc1cccc(-c2cccc([C@H]3O[C@@H](CSCCO)C[C@@H](c4ccc(CO)cc4)O3)c2)c1. The Kier molecular flexibility index (Phi) is 11.0. The number of amides is 1. The van der Waals surface area contributed by atoms with Gasteiger partial charge in [-0.25, -0.2) is 4.79 Å². The van der Waals surface area contributed by atoms with Gasteiger partial charge in [0.1, 0.15) is 6.61 Å². The van der Waals surface area contributed by atoms with Gasteiger partial charge < -0.3 is 29.7 Å². The molecule has 8 heteroatoms. The number of thioether (sulfide) groups is 1. The Hall–Kier alpha value is -3.14. The molecular formula is C31H35NO6S. The van der Waals surface area contributed by atoms with Crippen molar-refractivity contribution in [1.29, 1.82) is 0 Å². The Morgan fingerprint density at radius 2 is 1.77 bits per heavy atom. The van der Waals surface area contributed by atoms with Gasteiger partial charge in [0, 0.05) is 30.0 Å². The molecule has 0 aromatic heterocycles. The number of benzene rings is 3. The fraction of sp³-hybridized carbons (Fsp3) is 0.323. The molecule has 0 bridgehead atoms. The molecule has 3 N–H and O–H groups in total. The summed E-state index contributed by atoms with van der Waals surface area (Å²) in [5.41, 5.74) is 5.79. The average Bonchev–Trinajstić information content (AvgIpc) is 2.99. The molecule has 0 radical (unpaired) electrons. The summed E-state index contributed by atoms with van der Waals surface area (Å²) >= 11 is 1.67. The van der Waals surface area contributed by atoms with Crippen LogP contribution in [0.1, 0.15) is 41.1 Å². The third kappa shape index (κ3) is 8.42. The standard InChI is InChI=1S/C31H35NO6S/c1-2-14-36-31(35)32-19-23-5-3-6-25(16-23)26-7-4-8-27(17-26)30-37-28(21-39-15-13-33)18-29(38-30)24-11-9-22(20-34)10-12-24/h2-12,16-17,28-30,33-34H,1,13-15,18-21H2,(H,32,35)/t28-,29+,30+/m1/s1. The van der Waals surface area contributed by atoms with Gasteiger partial charge in [0.15, 0.2) is 6.29 Å². The van der Waals surface area contributed by atoms with Gasteiger partial charge in [-0.1, -0.05) is 73.3 Å². The normalized spacial score (nSPS) is 18.9. The maximum atomic E-state index is 11.8. The van der Waals surface area contributed by atoms with Crippen LogP contribution in [-0.4, -0.2) is 47.1 Å². The van der Waals surface area contributed by atoms with Crippen molar-refractivity contribution in [1.82, 2.24) is 5.32 Å². The van der Waals surface area contributed by atoms with Crippen LogP contribution in [0.5, 0.6) is 0 Å². The van der Waals surface area contributed by atoms with E-state index in [-0.39, 0.29) is 32.0 Å². The van der Waals surface area contributed by atoms with Crippen LogP contribution in [0.3, 0.4) is 0 Å². The number of hydrogen-bond acceptors (Lipinski definition) is 7. The lowest BCUT2D eigenvalue weighted by Gasteiger charge is -2.36. The van der Waals surface area contributed by atoms with Gasteiger partial charge in [0.2, 0.25) is 0 Å². The van der Waals surface area contributed by atoms with Crippen molar-refractivity contribution in [2.24, 2.45) is 0 Å². The molecule has 1 fully saturated rings. The van der Waals surface area contributed by atoms with E-state index >= 15 is 0 Å². The number of alkyl carbamates (subject to hydrolysis) is 1. The predicted octanol–water partition coefficient (Wildman–Crippen LogP) is 5.53. The van der Waals surface area contributed by atoms with Crippen molar-refractivity contribution >= 4 is 17.9 Å². The van der Waals surface area contributed by atoms with Gasteiger partial charge in [-0.2, -0.15) is 11.8 Å². The molecule has 0 aliphatic carbocycles. The Bertz CT molecular complexity index is 1220. The maximum Gasteiger partial charge on any atom is 0.407 e. The lowest BCUT2D eigenvalue weighted by molar-refractivity contribution is -0.245. The van der Waals surface area contributed by atoms with Crippen molar-refractivity contribution in [3.63, 3.8) is 0 Å². The summed E-state index contributed by atoms with van der Waals surface area (Å²) in [5.74, 6) is 1.42. The van der Waals surface area contributed by atoms with E-state index in [0.29, 0.717) is 18.7 Å². The molecule has 1 aliphatic heterocycles. The Morgan fingerprint density at radius 1 is 1.00 bits per heavy atom. The Balaban J connectivity index is 1.51. The van der Waals surface area contributed by atoms with Crippen LogP contribution in [0.4, 0.5) is 4.79 Å². The first kappa shape index (κ1) is 28.9. The molecule has 4 rings (SSSR count). The largest absolute Gasteiger partial charge is 0.445 e. The monoisotopic (exact) mass is 549 g/mol. The topological polar surface area (TPSA) is 97.3 Å². The minimum atomic E-state index is -0.551. The second-order valence-electron chi connectivity index (χ2n) is 9.22. The molecule has 1 aliphatic rings. The highest BCUT2D eigenvalue weighted by Crippen LogP contribution is 2.39. The summed E-state index contributed by atoms with van der Waals surface area (Å²) in [5, 5.41) is 21.4. The Labute approximate surface area is 233 Å². The number of carbonyl (C=O) groups is 1. The van der Waals surface area contributed by atoms with Crippen molar-refractivity contribution in [2.75, 3.05) is 24.7 Å². The van der Waals surface area contributed by atoms with Gasteiger partial charge in [0.05, 0.1) is 25.4 Å². The molecule has 206 valence electrons. The molecule has 7 nitrogen and oxygen atoms in total. The average molecular weight is 550 g/mol. The first-order valence-electron chi connectivity index (χ1n) is 13.0. The van der Waals surface area contributed by atoms with Crippen molar-refractivity contribution in [3.8, 4) is 11.1 Å². The number of nitrogens with one attached hydrogen (secondary N) is 1. The minimum absolute atomic E-state index is 0.00141. The molecule has 0 saturated carbocycles. The van der Waals surface area contributed by atoms with Crippen LogP contribution < -0.4 is 5.32 Å². The molecule has 3 aromatic rings. The number of rotatable bonds is 12. The minimum Gasteiger partial charge on any atom is -0.445 e. The van der Waals surface area contributed by atoms with Gasteiger partial charge in [-0.3, -0.25) is 0 Å². The van der Waals surface area contributed by atoms with Crippen LogP contribution in [0.15, 0.2) is 85.5 Å². The number of ether oxygens (including phenoxy) is 3. The van der Waals surface area contributed by atoms with Crippen LogP contribution in [-0.2, 0) is 27.4 Å². The number of carbonyl (C=O) groups excluding carboxylic acids is 1. The number of aliphatic hydroxyl groups is 2. The van der Waals surface area contributed by atoms with Crippen molar-refractivity contribution in [2.45, 2.75) is 38.1 Å². The van der Waals surface area contributed by atoms with E-state index in [1.54, 1.807) is 11.8 Å². The molecule has 1 heterocycles. The van der Waals surface area contributed by atoms with E-state index in [0.717, 1.165) is 39.1 Å². The van der Waals surface area contributed by atoms with Crippen LogP contribution in [0, 0.1) is 0 Å². The molecule has 1 amide bonds. The molecule has 0 spiro atoms. The third-order valence-corrected chi connectivity index (χ3v) is 7.42. The zero-order valence-corrected chi connectivity index (χ0v) is 22.6. The first-order chi connectivity index (χ1) is 19.1. The summed E-state index contributed by atoms with van der Waals surface area (Å²) in [6.45, 7) is 4.19. The van der Waals surface area contributed by atoms with E-state index < -0.39 is 12.4 Å². The number of hydrogen-bond donors (Lipinski definition) is 3. The first-order valence-corrected chi connectivity index (χ1v) is 14.1. The van der Waals surface area contributed by atoms with Crippen LogP contribution >= 0.6 is 11.8 Å². The Morgan fingerprint density at radius 3 is 2.51 bits per heavy atom. The molecule has 39 heavy (non-hydrogen) atoms. The van der Waals surface area contributed by atoms with E-state index in [4.69, 9.17) is 14.2 Å². The van der Waals surface area contributed by atoms with Crippen LogP contribution in [0.25, 0.3) is 11.1 Å². The zero-order chi connectivity index (χ0) is 27.5. The second kappa shape index (κ2) is 14.9. The summed E-state index contributed by atoms with van der Waals surface area (Å²) in [6.07, 6.45) is 0.999. The molecular weight excluding hydrogens is 514 g/mol. The summed E-state index contributed by atoms with van der Waals surface area (Å²) in [4.78, 5) is 11.8.